The Morgan fingerprint density at radius 2 is 1.75 bits per heavy atom. The summed E-state index contributed by atoms with van der Waals surface area (Å²) >= 11 is 0. The summed E-state index contributed by atoms with van der Waals surface area (Å²) in [7, 11) is -1.20. The van der Waals surface area contributed by atoms with Crippen molar-refractivity contribution in [2.45, 2.75) is 20.0 Å². The predicted octanol–water partition coefficient (Wildman–Crippen LogP) is 4.18. The Morgan fingerprint density at radius 3 is 2.42 bits per heavy atom. The third-order valence-electron chi connectivity index (χ3n) is 3.54. The molecule has 0 atom stereocenters. The molecule has 122 valence electrons. The van der Waals surface area contributed by atoms with Crippen LogP contribution >= 0.6 is 0 Å². The van der Waals surface area contributed by atoms with E-state index in [4.69, 9.17) is 9.42 Å². The molecule has 0 saturated heterocycles. The Labute approximate surface area is 144 Å². The van der Waals surface area contributed by atoms with Crippen LogP contribution in [0.25, 0.3) is 0 Å². The summed E-state index contributed by atoms with van der Waals surface area (Å²) in [4.78, 5) is 9.26. The van der Waals surface area contributed by atoms with E-state index in [0.29, 0.717) is 0 Å². The maximum atomic E-state index is 6.04. The van der Waals surface area contributed by atoms with Crippen molar-refractivity contribution in [2.75, 3.05) is 0 Å². The Kier molecular flexibility index (Phi) is 4.91. The number of imidazole rings is 1. The Morgan fingerprint density at radius 1 is 1.04 bits per heavy atom. The molecule has 0 unspecified atom stereocenters. The summed E-state index contributed by atoms with van der Waals surface area (Å²) in [6.45, 7) is 6.28. The number of aliphatic imine (C=N–C) groups is 1. The average Bonchev–Trinajstić information content (AvgIpc) is 3.00. The van der Waals surface area contributed by atoms with E-state index in [-0.39, 0.29) is 0 Å². The standard InChI is InChI=1S/C19H21N3OSi/c1-15-20-13-14-22(15)19(16-9-5-4-6-10-16)21-17-11-7-8-12-18(17)23-24(2)3/h4-14,24H,1-3H3. The molecule has 1 aromatic heterocycles. The van der Waals surface area contributed by atoms with E-state index in [2.05, 4.69) is 30.2 Å². The van der Waals surface area contributed by atoms with E-state index in [9.17, 15) is 0 Å². The van der Waals surface area contributed by atoms with Gasteiger partial charge in [0.05, 0.1) is 0 Å². The molecule has 24 heavy (non-hydrogen) atoms. The average molecular weight is 335 g/mol. The van der Waals surface area contributed by atoms with Gasteiger partial charge in [-0.05, 0) is 32.2 Å². The minimum atomic E-state index is -1.20. The fourth-order valence-corrected chi connectivity index (χ4v) is 3.17. The van der Waals surface area contributed by atoms with Gasteiger partial charge in [-0.25, -0.2) is 9.98 Å². The number of hydrogen-bond donors (Lipinski definition) is 0. The van der Waals surface area contributed by atoms with Crippen molar-refractivity contribution in [1.82, 2.24) is 9.55 Å². The quantitative estimate of drug-likeness (QED) is 0.407. The third-order valence-corrected chi connectivity index (χ3v) is 4.27. The van der Waals surface area contributed by atoms with Crippen LogP contribution in [0, 0.1) is 6.92 Å². The molecule has 0 spiro atoms. The topological polar surface area (TPSA) is 39.4 Å². The van der Waals surface area contributed by atoms with E-state index in [0.717, 1.165) is 28.7 Å². The van der Waals surface area contributed by atoms with Gasteiger partial charge in [0.2, 0.25) is 9.04 Å². The highest BCUT2D eigenvalue weighted by Crippen LogP contribution is 2.28. The first-order chi connectivity index (χ1) is 11.6. The molecule has 3 aromatic rings. The van der Waals surface area contributed by atoms with Gasteiger partial charge >= 0.3 is 0 Å². The first-order valence-electron chi connectivity index (χ1n) is 8.05. The molecule has 0 radical (unpaired) electrons. The van der Waals surface area contributed by atoms with Crippen molar-refractivity contribution < 1.29 is 4.43 Å². The SMILES string of the molecule is Cc1nccn1C(=Nc1ccccc1O[SiH](C)C)c1ccccc1. The summed E-state index contributed by atoms with van der Waals surface area (Å²) < 4.78 is 8.04. The second-order valence-corrected chi connectivity index (χ2v) is 8.11. The number of aromatic nitrogens is 2. The number of para-hydroxylation sites is 2. The van der Waals surface area contributed by atoms with E-state index in [1.54, 1.807) is 6.20 Å². The van der Waals surface area contributed by atoms with Crippen LogP contribution in [0.3, 0.4) is 0 Å². The first-order valence-corrected chi connectivity index (χ1v) is 10.8. The maximum Gasteiger partial charge on any atom is 0.229 e. The number of rotatable bonds is 4. The summed E-state index contributed by atoms with van der Waals surface area (Å²) in [5.74, 6) is 2.58. The number of nitrogens with zero attached hydrogens (tertiary/aromatic N) is 3. The number of aryl methyl sites for hydroxylation is 1. The summed E-state index contributed by atoms with van der Waals surface area (Å²) in [6, 6.07) is 18.1. The van der Waals surface area contributed by atoms with Gasteiger partial charge < -0.3 is 4.43 Å². The molecule has 0 bridgehead atoms. The highest BCUT2D eigenvalue weighted by molar-refractivity contribution is 6.49. The van der Waals surface area contributed by atoms with E-state index >= 15 is 0 Å². The molecule has 5 heteroatoms. The zero-order valence-electron chi connectivity index (χ0n) is 14.2. The number of hydrogen-bond acceptors (Lipinski definition) is 3. The molecule has 0 amide bonds. The first kappa shape index (κ1) is 16.2. The van der Waals surface area contributed by atoms with Gasteiger partial charge in [0.1, 0.15) is 23.1 Å². The molecule has 0 fully saturated rings. The van der Waals surface area contributed by atoms with Gasteiger partial charge in [-0.1, -0.05) is 42.5 Å². The Bertz CT molecular complexity index is 841. The van der Waals surface area contributed by atoms with Gasteiger partial charge in [0, 0.05) is 18.0 Å². The molecular formula is C19H21N3OSi. The molecule has 0 aliphatic heterocycles. The lowest BCUT2D eigenvalue weighted by molar-refractivity contribution is 0.582. The van der Waals surface area contributed by atoms with Crippen molar-refractivity contribution in [3.8, 4) is 5.75 Å². The minimum absolute atomic E-state index is 0.838. The van der Waals surface area contributed by atoms with Crippen LogP contribution in [0.5, 0.6) is 5.75 Å². The highest BCUT2D eigenvalue weighted by Gasteiger charge is 2.11. The summed E-state index contributed by atoms with van der Waals surface area (Å²) in [5.41, 5.74) is 1.88. The lowest BCUT2D eigenvalue weighted by Gasteiger charge is -2.14. The summed E-state index contributed by atoms with van der Waals surface area (Å²) in [6.07, 6.45) is 3.72. The van der Waals surface area contributed by atoms with Crippen LogP contribution in [0.15, 0.2) is 72.0 Å². The third kappa shape index (κ3) is 3.63. The zero-order chi connectivity index (χ0) is 16.9. The smallest absolute Gasteiger partial charge is 0.229 e. The van der Waals surface area contributed by atoms with Crippen molar-refractivity contribution in [2.24, 2.45) is 4.99 Å². The normalized spacial score (nSPS) is 11.8. The molecule has 1 heterocycles. The molecule has 0 N–H and O–H groups in total. The van der Waals surface area contributed by atoms with Gasteiger partial charge in [-0.2, -0.15) is 0 Å². The Hall–Kier alpha value is -2.66. The molecule has 0 aliphatic rings. The van der Waals surface area contributed by atoms with E-state index in [1.807, 2.05) is 60.2 Å². The number of benzene rings is 2. The predicted molar refractivity (Wildman–Crippen MR) is 101 cm³/mol. The van der Waals surface area contributed by atoms with Gasteiger partial charge in [0.15, 0.2) is 0 Å². The van der Waals surface area contributed by atoms with E-state index < -0.39 is 9.04 Å². The lowest BCUT2D eigenvalue weighted by atomic mass is 10.2. The van der Waals surface area contributed by atoms with Crippen molar-refractivity contribution in [1.29, 1.82) is 0 Å². The molecule has 0 aliphatic carbocycles. The largest absolute Gasteiger partial charge is 0.546 e. The minimum Gasteiger partial charge on any atom is -0.546 e. The molecule has 2 aromatic carbocycles. The fraction of sp³-hybridized carbons (Fsp3) is 0.158. The van der Waals surface area contributed by atoms with Gasteiger partial charge in [-0.3, -0.25) is 4.57 Å². The molecule has 0 saturated carbocycles. The highest BCUT2D eigenvalue weighted by atomic mass is 28.3. The van der Waals surface area contributed by atoms with Crippen LogP contribution in [0.4, 0.5) is 5.69 Å². The molecule has 3 rings (SSSR count). The fourth-order valence-electron chi connectivity index (χ4n) is 2.46. The molecular weight excluding hydrogens is 314 g/mol. The van der Waals surface area contributed by atoms with Gasteiger partial charge in [-0.15, -0.1) is 0 Å². The zero-order valence-corrected chi connectivity index (χ0v) is 15.3. The van der Waals surface area contributed by atoms with Crippen molar-refractivity contribution >= 4 is 20.6 Å². The van der Waals surface area contributed by atoms with E-state index in [1.165, 1.54) is 0 Å². The Balaban J connectivity index is 2.14. The van der Waals surface area contributed by atoms with Crippen molar-refractivity contribution in [3.05, 3.63) is 78.4 Å². The van der Waals surface area contributed by atoms with Gasteiger partial charge in [0.25, 0.3) is 0 Å². The maximum absolute atomic E-state index is 6.04. The monoisotopic (exact) mass is 335 g/mol. The van der Waals surface area contributed by atoms with Crippen LogP contribution in [0.1, 0.15) is 11.4 Å². The van der Waals surface area contributed by atoms with Crippen LogP contribution in [0.2, 0.25) is 13.1 Å². The van der Waals surface area contributed by atoms with Crippen LogP contribution in [-0.2, 0) is 0 Å². The lowest BCUT2D eigenvalue weighted by Crippen LogP contribution is -2.15. The molecule has 4 nitrogen and oxygen atoms in total. The van der Waals surface area contributed by atoms with Crippen LogP contribution in [-0.4, -0.2) is 24.4 Å². The second-order valence-electron chi connectivity index (χ2n) is 5.78. The summed E-state index contributed by atoms with van der Waals surface area (Å²) in [5, 5.41) is 0. The van der Waals surface area contributed by atoms with Crippen molar-refractivity contribution in [3.63, 3.8) is 0 Å². The second kappa shape index (κ2) is 7.27. The van der Waals surface area contributed by atoms with Crippen LogP contribution < -0.4 is 4.43 Å².